The van der Waals surface area contributed by atoms with Crippen molar-refractivity contribution in [2.24, 2.45) is 16.6 Å². The number of hydrogen-bond donors (Lipinski definition) is 2. The van der Waals surface area contributed by atoms with Crippen LogP contribution in [0, 0.1) is 5.92 Å². The minimum Gasteiger partial charge on any atom is -0.369 e. The molecule has 0 radical (unpaired) electrons. The number of hydrogen-bond acceptors (Lipinski definition) is 4. The Hall–Kier alpha value is -2.28. The van der Waals surface area contributed by atoms with Crippen molar-refractivity contribution in [3.05, 3.63) is 30.3 Å². The van der Waals surface area contributed by atoms with Crippen molar-refractivity contribution < 1.29 is 4.79 Å². The number of benzene rings is 1. The van der Waals surface area contributed by atoms with Crippen molar-refractivity contribution >= 4 is 17.6 Å². The monoisotopic (exact) mass is 386 g/mol. The summed E-state index contributed by atoms with van der Waals surface area (Å²) in [5.74, 6) is 0.856. The van der Waals surface area contributed by atoms with Crippen molar-refractivity contribution in [3.8, 4) is 0 Å². The Morgan fingerprint density at radius 2 is 1.93 bits per heavy atom. The van der Waals surface area contributed by atoms with E-state index in [1.54, 1.807) is 0 Å². The minimum atomic E-state index is -0.155. The summed E-state index contributed by atoms with van der Waals surface area (Å²) in [7, 11) is 1.86. The van der Waals surface area contributed by atoms with E-state index in [0.29, 0.717) is 0 Å². The van der Waals surface area contributed by atoms with Crippen LogP contribution in [0.5, 0.6) is 0 Å². The number of para-hydroxylation sites is 1. The molecule has 154 valence electrons. The first-order valence-corrected chi connectivity index (χ1v) is 10.4. The molecule has 2 heterocycles. The van der Waals surface area contributed by atoms with Crippen molar-refractivity contribution in [2.75, 3.05) is 64.3 Å². The summed E-state index contributed by atoms with van der Waals surface area (Å²) in [6.45, 7) is 7.73. The largest absolute Gasteiger partial charge is 0.369 e. The lowest BCUT2D eigenvalue weighted by atomic mass is 9.97. The van der Waals surface area contributed by atoms with Crippen molar-refractivity contribution in [2.45, 2.75) is 19.3 Å². The zero-order valence-corrected chi connectivity index (χ0v) is 17.0. The van der Waals surface area contributed by atoms with E-state index in [2.05, 4.69) is 55.3 Å². The molecule has 0 aromatic heterocycles. The number of guanidine groups is 1. The van der Waals surface area contributed by atoms with Crippen LogP contribution in [0.25, 0.3) is 0 Å². The molecule has 2 fully saturated rings. The maximum absolute atomic E-state index is 11.4. The predicted octanol–water partition coefficient (Wildman–Crippen LogP) is 0.971. The van der Waals surface area contributed by atoms with Gasteiger partial charge in [0.15, 0.2) is 5.96 Å². The molecular weight excluding hydrogens is 352 g/mol. The van der Waals surface area contributed by atoms with Gasteiger partial charge < -0.3 is 25.8 Å². The summed E-state index contributed by atoms with van der Waals surface area (Å²) in [6, 6.07) is 10.6. The van der Waals surface area contributed by atoms with Crippen LogP contribution >= 0.6 is 0 Å². The van der Waals surface area contributed by atoms with E-state index in [4.69, 9.17) is 5.73 Å². The van der Waals surface area contributed by atoms with Gasteiger partial charge in [-0.05, 0) is 44.5 Å². The highest BCUT2D eigenvalue weighted by atomic mass is 16.1. The summed E-state index contributed by atoms with van der Waals surface area (Å²) in [6.07, 6.45) is 3.04. The average molecular weight is 387 g/mol. The van der Waals surface area contributed by atoms with Gasteiger partial charge in [-0.15, -0.1) is 0 Å². The number of carbonyl (C=O) groups is 1. The van der Waals surface area contributed by atoms with Crippen LogP contribution in [-0.4, -0.2) is 81.1 Å². The number of rotatable bonds is 6. The van der Waals surface area contributed by atoms with Crippen molar-refractivity contribution in [1.29, 1.82) is 0 Å². The van der Waals surface area contributed by atoms with Crippen molar-refractivity contribution in [3.63, 3.8) is 0 Å². The van der Waals surface area contributed by atoms with Gasteiger partial charge >= 0.3 is 0 Å². The highest BCUT2D eigenvalue weighted by Gasteiger charge is 2.23. The van der Waals surface area contributed by atoms with Gasteiger partial charge in [-0.2, -0.15) is 0 Å². The second-order valence-corrected chi connectivity index (χ2v) is 7.68. The number of nitrogens with one attached hydrogen (secondary N) is 1. The second kappa shape index (κ2) is 10.3. The summed E-state index contributed by atoms with van der Waals surface area (Å²) in [5.41, 5.74) is 6.76. The third kappa shape index (κ3) is 5.61. The van der Waals surface area contributed by atoms with Crippen LogP contribution in [0.2, 0.25) is 0 Å². The Morgan fingerprint density at radius 1 is 1.18 bits per heavy atom. The third-order valence-corrected chi connectivity index (χ3v) is 5.75. The summed E-state index contributed by atoms with van der Waals surface area (Å²) in [5, 5.41) is 3.51. The molecule has 1 aromatic rings. The van der Waals surface area contributed by atoms with Gasteiger partial charge in [-0.3, -0.25) is 9.79 Å². The van der Waals surface area contributed by atoms with E-state index >= 15 is 0 Å². The molecule has 2 aliphatic rings. The fraction of sp³-hybridized carbons (Fsp3) is 0.619. The normalized spacial score (nSPS) is 21.6. The molecule has 1 aromatic carbocycles. The number of primary amides is 1. The highest BCUT2D eigenvalue weighted by Crippen LogP contribution is 2.16. The van der Waals surface area contributed by atoms with Crippen LogP contribution in [0.15, 0.2) is 35.3 Å². The number of aliphatic imine (C=N–C) groups is 1. The second-order valence-electron chi connectivity index (χ2n) is 7.68. The molecule has 0 saturated carbocycles. The number of nitrogens with two attached hydrogens (primary N) is 1. The zero-order valence-electron chi connectivity index (χ0n) is 17.0. The molecule has 2 saturated heterocycles. The van der Waals surface area contributed by atoms with Gasteiger partial charge in [0.05, 0.1) is 5.92 Å². The minimum absolute atomic E-state index is 0.0235. The maximum atomic E-state index is 11.4. The number of anilines is 1. The third-order valence-electron chi connectivity index (χ3n) is 5.75. The van der Waals surface area contributed by atoms with E-state index in [9.17, 15) is 4.79 Å². The Balaban J connectivity index is 1.37. The molecule has 1 amide bonds. The summed E-state index contributed by atoms with van der Waals surface area (Å²) in [4.78, 5) is 23.0. The lowest BCUT2D eigenvalue weighted by Gasteiger charge is -2.37. The molecule has 0 aliphatic carbocycles. The lowest BCUT2D eigenvalue weighted by Crippen LogP contribution is -2.52. The van der Waals surface area contributed by atoms with Gasteiger partial charge in [-0.1, -0.05) is 18.2 Å². The van der Waals surface area contributed by atoms with Crippen LogP contribution in [-0.2, 0) is 4.79 Å². The molecule has 3 N–H and O–H groups in total. The van der Waals surface area contributed by atoms with E-state index in [0.717, 1.165) is 77.6 Å². The standard InChI is InChI=1S/C21H34N6O/c1-23-21(24-10-6-12-25-11-5-7-18(17-25)20(22)28)27-15-13-26(14-16-27)19-8-3-2-4-9-19/h2-4,8-9,18H,5-7,10-17H2,1H3,(H2,22,28)(H,23,24). The Morgan fingerprint density at radius 3 is 2.61 bits per heavy atom. The van der Waals surface area contributed by atoms with Crippen molar-refractivity contribution in [1.82, 2.24) is 15.1 Å². The molecule has 1 unspecified atom stereocenters. The number of nitrogens with zero attached hydrogens (tertiary/aromatic N) is 4. The SMILES string of the molecule is CN=C(NCCCN1CCCC(C(N)=O)C1)N1CCN(c2ccccc2)CC1. The molecule has 3 rings (SSSR count). The van der Waals surface area contributed by atoms with Gasteiger partial charge in [-0.25, -0.2) is 0 Å². The van der Waals surface area contributed by atoms with E-state index in [-0.39, 0.29) is 11.8 Å². The van der Waals surface area contributed by atoms with Gasteiger partial charge in [0.2, 0.25) is 5.91 Å². The molecule has 7 nitrogen and oxygen atoms in total. The Kier molecular flexibility index (Phi) is 7.54. The first-order chi connectivity index (χ1) is 13.7. The molecule has 28 heavy (non-hydrogen) atoms. The molecule has 0 spiro atoms. The summed E-state index contributed by atoms with van der Waals surface area (Å²) < 4.78 is 0. The molecule has 1 atom stereocenters. The molecular formula is C21H34N6O. The summed E-state index contributed by atoms with van der Waals surface area (Å²) >= 11 is 0. The Labute approximate surface area is 168 Å². The average Bonchev–Trinajstić information content (AvgIpc) is 2.75. The fourth-order valence-electron chi connectivity index (χ4n) is 4.14. The highest BCUT2D eigenvalue weighted by molar-refractivity contribution is 5.80. The fourth-order valence-corrected chi connectivity index (χ4v) is 4.14. The Bertz CT molecular complexity index is 642. The number of piperazine rings is 1. The van der Waals surface area contributed by atoms with E-state index in [1.165, 1.54) is 5.69 Å². The molecule has 0 bridgehead atoms. The van der Waals surface area contributed by atoms with Gasteiger partial charge in [0, 0.05) is 52.0 Å². The van der Waals surface area contributed by atoms with Crippen LogP contribution in [0.3, 0.4) is 0 Å². The zero-order chi connectivity index (χ0) is 19.8. The topological polar surface area (TPSA) is 77.2 Å². The number of piperidine rings is 1. The predicted molar refractivity (Wildman–Crippen MR) is 115 cm³/mol. The first-order valence-electron chi connectivity index (χ1n) is 10.4. The molecule has 7 heteroatoms. The quantitative estimate of drug-likeness (QED) is 0.433. The first kappa shape index (κ1) is 20.5. The smallest absolute Gasteiger partial charge is 0.221 e. The van der Waals surface area contributed by atoms with Crippen LogP contribution < -0.4 is 16.0 Å². The number of carbonyl (C=O) groups excluding carboxylic acids is 1. The number of likely N-dealkylation sites (tertiary alicyclic amines) is 1. The van der Waals surface area contributed by atoms with E-state index < -0.39 is 0 Å². The lowest BCUT2D eigenvalue weighted by molar-refractivity contribution is -0.123. The van der Waals surface area contributed by atoms with Crippen LogP contribution in [0.4, 0.5) is 5.69 Å². The van der Waals surface area contributed by atoms with Crippen LogP contribution in [0.1, 0.15) is 19.3 Å². The number of amides is 1. The van der Waals surface area contributed by atoms with Gasteiger partial charge in [0.25, 0.3) is 0 Å². The molecule has 2 aliphatic heterocycles. The van der Waals surface area contributed by atoms with Gasteiger partial charge in [0.1, 0.15) is 0 Å². The van der Waals surface area contributed by atoms with E-state index in [1.807, 2.05) is 7.05 Å². The maximum Gasteiger partial charge on any atom is 0.221 e.